The molecule has 1 aromatic rings. The van der Waals surface area contributed by atoms with E-state index in [4.69, 9.17) is 4.74 Å². The van der Waals surface area contributed by atoms with Crippen molar-refractivity contribution in [2.75, 3.05) is 20.3 Å². The van der Waals surface area contributed by atoms with E-state index in [1.165, 1.54) is 7.11 Å². The highest BCUT2D eigenvalue weighted by Crippen LogP contribution is 2.17. The van der Waals surface area contributed by atoms with Gasteiger partial charge in [-0.2, -0.15) is 5.10 Å². The van der Waals surface area contributed by atoms with E-state index in [1.807, 2.05) is 6.92 Å². The minimum Gasteiger partial charge on any atom is -0.383 e. The van der Waals surface area contributed by atoms with Crippen LogP contribution in [0, 0.1) is 6.92 Å². The van der Waals surface area contributed by atoms with Gasteiger partial charge in [0.15, 0.2) is 0 Å². The van der Waals surface area contributed by atoms with Crippen molar-refractivity contribution in [1.82, 2.24) is 20.2 Å². The fourth-order valence-corrected chi connectivity index (χ4v) is 3.39. The predicted octanol–water partition coefficient (Wildman–Crippen LogP) is 0.141. The average Bonchev–Trinajstić information content (AvgIpc) is 2.68. The molecule has 1 unspecified atom stereocenters. The zero-order chi connectivity index (χ0) is 14.5. The molecule has 0 radical (unpaired) electrons. The van der Waals surface area contributed by atoms with Crippen molar-refractivity contribution in [2.45, 2.75) is 38.3 Å². The van der Waals surface area contributed by atoms with Gasteiger partial charge >= 0.3 is 0 Å². The maximum Gasteiger partial charge on any atom is 0.244 e. The standard InChI is InChI=1S/C11H22N4O3S/c1-5-12-6-10-11(9(3)13-14-10)19(16,17)15-8(2)7-18-4/h8,12,15H,5-7H2,1-4H3,(H,13,14). The number of hydrogen-bond donors (Lipinski definition) is 3. The Bertz CT molecular complexity index is 498. The van der Waals surface area contributed by atoms with E-state index >= 15 is 0 Å². The normalized spacial score (nSPS) is 13.7. The maximum atomic E-state index is 12.3. The lowest BCUT2D eigenvalue weighted by Crippen LogP contribution is -2.36. The van der Waals surface area contributed by atoms with E-state index in [9.17, 15) is 8.42 Å². The van der Waals surface area contributed by atoms with Gasteiger partial charge in [-0.1, -0.05) is 6.92 Å². The van der Waals surface area contributed by atoms with Gasteiger partial charge in [0.1, 0.15) is 4.90 Å². The molecule has 0 saturated heterocycles. The van der Waals surface area contributed by atoms with Gasteiger partial charge in [0.05, 0.1) is 18.0 Å². The molecule has 110 valence electrons. The van der Waals surface area contributed by atoms with Crippen LogP contribution < -0.4 is 10.0 Å². The Labute approximate surface area is 114 Å². The van der Waals surface area contributed by atoms with Crippen LogP contribution in [-0.4, -0.2) is 44.9 Å². The second-order valence-corrected chi connectivity index (χ2v) is 6.03. The van der Waals surface area contributed by atoms with Crippen LogP contribution in [0.4, 0.5) is 0 Å². The van der Waals surface area contributed by atoms with E-state index in [-0.39, 0.29) is 10.9 Å². The van der Waals surface area contributed by atoms with Crippen LogP contribution >= 0.6 is 0 Å². The molecule has 0 saturated carbocycles. The molecule has 8 heteroatoms. The monoisotopic (exact) mass is 290 g/mol. The molecular formula is C11H22N4O3S. The van der Waals surface area contributed by atoms with Gasteiger partial charge in [-0.3, -0.25) is 5.10 Å². The number of rotatable bonds is 8. The summed E-state index contributed by atoms with van der Waals surface area (Å²) in [6, 6.07) is -0.295. The molecule has 19 heavy (non-hydrogen) atoms. The van der Waals surface area contributed by atoms with Gasteiger partial charge in [-0.25, -0.2) is 13.1 Å². The number of hydrogen-bond acceptors (Lipinski definition) is 5. The van der Waals surface area contributed by atoms with Gasteiger partial charge in [0.2, 0.25) is 10.0 Å². The Kier molecular flexibility index (Phi) is 5.92. The number of nitrogens with zero attached hydrogens (tertiary/aromatic N) is 1. The fraction of sp³-hybridized carbons (Fsp3) is 0.727. The Morgan fingerprint density at radius 3 is 2.74 bits per heavy atom. The van der Waals surface area contributed by atoms with Crippen LogP contribution in [0.1, 0.15) is 25.2 Å². The highest BCUT2D eigenvalue weighted by molar-refractivity contribution is 7.89. The van der Waals surface area contributed by atoms with E-state index in [0.29, 0.717) is 24.5 Å². The summed E-state index contributed by atoms with van der Waals surface area (Å²) in [5.74, 6) is 0. The molecule has 0 fully saturated rings. The lowest BCUT2D eigenvalue weighted by Gasteiger charge is -2.13. The Morgan fingerprint density at radius 1 is 1.47 bits per heavy atom. The number of sulfonamides is 1. The zero-order valence-electron chi connectivity index (χ0n) is 11.8. The third-order valence-corrected chi connectivity index (χ3v) is 4.34. The summed E-state index contributed by atoms with van der Waals surface area (Å²) in [7, 11) is -2.06. The maximum absolute atomic E-state index is 12.3. The number of aromatic nitrogens is 2. The van der Waals surface area contributed by atoms with E-state index in [2.05, 4.69) is 20.2 Å². The number of ether oxygens (including phenoxy) is 1. The molecule has 0 bridgehead atoms. The van der Waals surface area contributed by atoms with Gasteiger partial charge in [0.25, 0.3) is 0 Å². The molecule has 0 amide bonds. The lowest BCUT2D eigenvalue weighted by atomic mass is 10.3. The molecule has 0 aromatic carbocycles. The van der Waals surface area contributed by atoms with Crippen LogP contribution in [0.3, 0.4) is 0 Å². The highest BCUT2D eigenvalue weighted by atomic mass is 32.2. The number of methoxy groups -OCH3 is 1. The fourth-order valence-electron chi connectivity index (χ4n) is 1.80. The first-order valence-electron chi connectivity index (χ1n) is 6.18. The first kappa shape index (κ1) is 16.1. The van der Waals surface area contributed by atoms with Crippen molar-refractivity contribution < 1.29 is 13.2 Å². The molecule has 0 spiro atoms. The molecule has 1 aromatic heterocycles. The molecule has 1 atom stereocenters. The number of aryl methyl sites for hydroxylation is 1. The molecule has 0 aliphatic carbocycles. The predicted molar refractivity (Wildman–Crippen MR) is 72.4 cm³/mol. The number of H-pyrrole nitrogens is 1. The van der Waals surface area contributed by atoms with Crippen molar-refractivity contribution in [2.24, 2.45) is 0 Å². The van der Waals surface area contributed by atoms with E-state index in [0.717, 1.165) is 6.54 Å². The summed E-state index contributed by atoms with van der Waals surface area (Å²) in [6.45, 7) is 6.87. The Balaban J connectivity index is 2.96. The minimum atomic E-state index is -3.59. The van der Waals surface area contributed by atoms with Crippen LogP contribution in [0.5, 0.6) is 0 Å². The minimum absolute atomic E-state index is 0.219. The molecule has 7 nitrogen and oxygen atoms in total. The highest BCUT2D eigenvalue weighted by Gasteiger charge is 2.25. The topological polar surface area (TPSA) is 96.1 Å². The molecule has 1 heterocycles. The Morgan fingerprint density at radius 2 is 2.16 bits per heavy atom. The average molecular weight is 290 g/mol. The second kappa shape index (κ2) is 6.99. The smallest absolute Gasteiger partial charge is 0.244 e. The van der Waals surface area contributed by atoms with E-state index in [1.54, 1.807) is 13.8 Å². The van der Waals surface area contributed by atoms with Gasteiger partial charge in [-0.05, 0) is 20.4 Å². The summed E-state index contributed by atoms with van der Waals surface area (Å²) >= 11 is 0. The second-order valence-electron chi connectivity index (χ2n) is 4.38. The van der Waals surface area contributed by atoms with Crippen LogP contribution in [0.2, 0.25) is 0 Å². The van der Waals surface area contributed by atoms with Crippen molar-refractivity contribution in [3.05, 3.63) is 11.4 Å². The molecule has 0 aliphatic heterocycles. The molecule has 0 aliphatic rings. The zero-order valence-corrected chi connectivity index (χ0v) is 12.6. The van der Waals surface area contributed by atoms with E-state index < -0.39 is 10.0 Å². The summed E-state index contributed by atoms with van der Waals surface area (Å²) in [4.78, 5) is 0.219. The lowest BCUT2D eigenvalue weighted by molar-refractivity contribution is 0.180. The summed E-state index contributed by atoms with van der Waals surface area (Å²) < 4.78 is 32.2. The summed E-state index contributed by atoms with van der Waals surface area (Å²) in [6.07, 6.45) is 0. The Hall–Kier alpha value is -0.960. The van der Waals surface area contributed by atoms with Crippen molar-refractivity contribution >= 4 is 10.0 Å². The van der Waals surface area contributed by atoms with Crippen LogP contribution in [0.25, 0.3) is 0 Å². The molecule has 3 N–H and O–H groups in total. The molecular weight excluding hydrogens is 268 g/mol. The summed E-state index contributed by atoms with van der Waals surface area (Å²) in [5.41, 5.74) is 1.03. The molecule has 1 rings (SSSR count). The van der Waals surface area contributed by atoms with Crippen molar-refractivity contribution in [3.8, 4) is 0 Å². The quantitative estimate of drug-likeness (QED) is 0.633. The first-order chi connectivity index (χ1) is 8.92. The third-order valence-electron chi connectivity index (χ3n) is 2.55. The number of aromatic amines is 1. The van der Waals surface area contributed by atoms with Crippen LogP contribution in [0.15, 0.2) is 4.90 Å². The van der Waals surface area contributed by atoms with Crippen molar-refractivity contribution in [1.29, 1.82) is 0 Å². The van der Waals surface area contributed by atoms with Crippen molar-refractivity contribution in [3.63, 3.8) is 0 Å². The SMILES string of the molecule is CCNCc1n[nH]c(C)c1S(=O)(=O)NC(C)COC. The number of nitrogens with one attached hydrogen (secondary N) is 3. The summed E-state index contributed by atoms with van der Waals surface area (Å²) in [5, 5.41) is 9.82. The largest absolute Gasteiger partial charge is 0.383 e. The van der Waals surface area contributed by atoms with Gasteiger partial charge in [0, 0.05) is 19.7 Å². The third kappa shape index (κ3) is 4.27. The van der Waals surface area contributed by atoms with Crippen LogP contribution in [-0.2, 0) is 21.3 Å². The van der Waals surface area contributed by atoms with Gasteiger partial charge < -0.3 is 10.1 Å². The first-order valence-corrected chi connectivity index (χ1v) is 7.66. The van der Waals surface area contributed by atoms with Gasteiger partial charge in [-0.15, -0.1) is 0 Å².